The van der Waals surface area contributed by atoms with Crippen molar-refractivity contribution in [2.24, 2.45) is 0 Å². The largest absolute Gasteiger partial charge is 0.458 e. The molecule has 0 spiro atoms. The number of aryl methyl sites for hydroxylation is 1. The molecule has 5 nitrogen and oxygen atoms in total. The summed E-state index contributed by atoms with van der Waals surface area (Å²) in [6.45, 7) is 2.02. The number of furan rings is 1. The van der Waals surface area contributed by atoms with Gasteiger partial charge in [0.1, 0.15) is 18.1 Å². The van der Waals surface area contributed by atoms with Crippen molar-refractivity contribution in [1.29, 1.82) is 0 Å². The van der Waals surface area contributed by atoms with E-state index in [0.717, 1.165) is 17.6 Å². The van der Waals surface area contributed by atoms with Crippen molar-refractivity contribution in [3.05, 3.63) is 23.7 Å². The van der Waals surface area contributed by atoms with Crippen LogP contribution in [0.3, 0.4) is 0 Å². The van der Waals surface area contributed by atoms with Crippen molar-refractivity contribution in [3.63, 3.8) is 0 Å². The highest BCUT2D eigenvalue weighted by Gasteiger charge is 2.33. The summed E-state index contributed by atoms with van der Waals surface area (Å²) in [5.74, 6) is 1.57. The molecule has 0 amide bonds. The Labute approximate surface area is 119 Å². The predicted molar refractivity (Wildman–Crippen MR) is 68.7 cm³/mol. The van der Waals surface area contributed by atoms with E-state index in [1.54, 1.807) is 19.1 Å². The molecule has 1 atom stereocenters. The van der Waals surface area contributed by atoms with Crippen LogP contribution in [0.2, 0.25) is 0 Å². The first-order valence-corrected chi connectivity index (χ1v) is 6.71. The normalized spacial score (nSPS) is 19.3. The van der Waals surface area contributed by atoms with Gasteiger partial charge < -0.3 is 9.73 Å². The number of halogens is 3. The Kier molecular flexibility index (Phi) is 3.48. The van der Waals surface area contributed by atoms with Crippen molar-refractivity contribution in [2.75, 3.05) is 13.1 Å². The average Bonchev–Trinajstić information content (AvgIpc) is 3.05. The fourth-order valence-corrected chi connectivity index (χ4v) is 2.48. The minimum atomic E-state index is -4.33. The van der Waals surface area contributed by atoms with E-state index in [2.05, 4.69) is 15.4 Å². The molecule has 3 rings (SSSR count). The zero-order valence-electron chi connectivity index (χ0n) is 11.4. The van der Waals surface area contributed by atoms with E-state index in [0.29, 0.717) is 23.9 Å². The number of nitrogens with zero attached hydrogens (tertiary/aromatic N) is 3. The third kappa shape index (κ3) is 3.10. The summed E-state index contributed by atoms with van der Waals surface area (Å²) < 4.78 is 44.4. The van der Waals surface area contributed by atoms with Crippen molar-refractivity contribution in [3.8, 4) is 11.6 Å². The highest BCUT2D eigenvalue weighted by molar-refractivity contribution is 5.46. The summed E-state index contributed by atoms with van der Waals surface area (Å²) in [5.41, 5.74) is 0. The Morgan fingerprint density at radius 2 is 2.24 bits per heavy atom. The molecule has 0 aromatic carbocycles. The molecule has 0 saturated carbocycles. The smallest absolute Gasteiger partial charge is 0.408 e. The number of rotatable bonds is 3. The van der Waals surface area contributed by atoms with Crippen molar-refractivity contribution >= 4 is 0 Å². The maximum Gasteiger partial charge on any atom is 0.408 e. The fraction of sp³-hybridized carbons (Fsp3) is 0.538. The highest BCUT2D eigenvalue weighted by atomic mass is 19.4. The van der Waals surface area contributed by atoms with Crippen LogP contribution in [-0.4, -0.2) is 34.0 Å². The number of hydrogen-bond acceptors (Lipinski definition) is 4. The summed E-state index contributed by atoms with van der Waals surface area (Å²) >= 11 is 0. The maximum atomic E-state index is 12.7. The highest BCUT2D eigenvalue weighted by Crippen LogP contribution is 2.27. The number of aromatic nitrogens is 3. The molecule has 1 unspecified atom stereocenters. The van der Waals surface area contributed by atoms with Gasteiger partial charge in [0, 0.05) is 12.5 Å². The third-order valence-corrected chi connectivity index (χ3v) is 3.42. The number of hydrogen-bond donors (Lipinski definition) is 1. The Balaban J connectivity index is 1.97. The van der Waals surface area contributed by atoms with Crippen molar-refractivity contribution in [1.82, 2.24) is 20.1 Å². The third-order valence-electron chi connectivity index (χ3n) is 3.42. The molecule has 21 heavy (non-hydrogen) atoms. The van der Waals surface area contributed by atoms with Crippen LogP contribution in [0, 0.1) is 6.92 Å². The molecule has 0 bridgehead atoms. The monoisotopic (exact) mass is 300 g/mol. The second kappa shape index (κ2) is 5.18. The average molecular weight is 300 g/mol. The van der Waals surface area contributed by atoms with Crippen LogP contribution in [0.5, 0.6) is 0 Å². The van der Waals surface area contributed by atoms with Gasteiger partial charge in [0.05, 0.1) is 0 Å². The molecule has 2 aromatic rings. The van der Waals surface area contributed by atoms with Gasteiger partial charge >= 0.3 is 6.18 Å². The maximum absolute atomic E-state index is 12.7. The fourth-order valence-electron chi connectivity index (χ4n) is 2.48. The number of alkyl halides is 3. The predicted octanol–water partition coefficient (Wildman–Crippen LogP) is 2.49. The molecule has 2 aromatic heterocycles. The minimum absolute atomic E-state index is 0.0512. The van der Waals surface area contributed by atoms with Crippen LogP contribution < -0.4 is 5.32 Å². The second-order valence-corrected chi connectivity index (χ2v) is 5.17. The summed E-state index contributed by atoms with van der Waals surface area (Å²) in [5, 5.41) is 7.12. The zero-order valence-corrected chi connectivity index (χ0v) is 11.4. The Hall–Kier alpha value is -1.83. The molecule has 1 aliphatic heterocycles. The first kappa shape index (κ1) is 14.1. The summed E-state index contributed by atoms with van der Waals surface area (Å²) in [6.07, 6.45) is -3.57. The lowest BCUT2D eigenvalue weighted by Crippen LogP contribution is -2.22. The van der Waals surface area contributed by atoms with Gasteiger partial charge in [-0.3, -0.25) is 0 Å². The van der Waals surface area contributed by atoms with Gasteiger partial charge in [0.2, 0.25) is 5.82 Å². The topological polar surface area (TPSA) is 55.9 Å². The van der Waals surface area contributed by atoms with Crippen LogP contribution in [0.1, 0.15) is 23.9 Å². The SMILES string of the molecule is Cc1ccc(-c2nc(C3CCNC3)n(CC(F)(F)F)n2)o1. The quantitative estimate of drug-likeness (QED) is 0.946. The first-order valence-electron chi connectivity index (χ1n) is 6.71. The molecule has 1 aliphatic rings. The van der Waals surface area contributed by atoms with Gasteiger partial charge in [0.25, 0.3) is 0 Å². The zero-order chi connectivity index (χ0) is 15.0. The Morgan fingerprint density at radius 3 is 2.81 bits per heavy atom. The van der Waals surface area contributed by atoms with Gasteiger partial charge in [-0.15, -0.1) is 5.10 Å². The lowest BCUT2D eigenvalue weighted by Gasteiger charge is -2.12. The molecule has 8 heteroatoms. The molecule has 1 N–H and O–H groups in total. The van der Waals surface area contributed by atoms with E-state index < -0.39 is 12.7 Å². The van der Waals surface area contributed by atoms with Crippen LogP contribution in [0.4, 0.5) is 13.2 Å². The van der Waals surface area contributed by atoms with E-state index in [-0.39, 0.29) is 11.7 Å². The molecular weight excluding hydrogens is 285 g/mol. The first-order chi connectivity index (χ1) is 9.92. The molecule has 1 saturated heterocycles. The summed E-state index contributed by atoms with van der Waals surface area (Å²) in [6, 6.07) is 3.40. The summed E-state index contributed by atoms with van der Waals surface area (Å²) in [7, 11) is 0. The van der Waals surface area contributed by atoms with E-state index in [4.69, 9.17) is 4.42 Å². The van der Waals surface area contributed by atoms with Crippen molar-refractivity contribution < 1.29 is 17.6 Å². The minimum Gasteiger partial charge on any atom is -0.458 e. The van der Waals surface area contributed by atoms with Gasteiger partial charge in [0.15, 0.2) is 5.76 Å². The van der Waals surface area contributed by atoms with Crippen LogP contribution in [0.25, 0.3) is 11.6 Å². The van der Waals surface area contributed by atoms with E-state index >= 15 is 0 Å². The standard InChI is InChI=1S/C13H15F3N4O/c1-8-2-3-10(21-8)11-18-12(9-4-5-17-6-9)20(19-11)7-13(14,15)16/h2-3,9,17H,4-7H2,1H3. The van der Waals surface area contributed by atoms with Gasteiger partial charge in [-0.2, -0.15) is 13.2 Å². The lowest BCUT2D eigenvalue weighted by molar-refractivity contribution is -0.143. The molecule has 0 radical (unpaired) electrons. The van der Waals surface area contributed by atoms with Gasteiger partial charge in [-0.1, -0.05) is 0 Å². The molecule has 114 valence electrons. The lowest BCUT2D eigenvalue weighted by atomic mass is 10.1. The van der Waals surface area contributed by atoms with Crippen LogP contribution >= 0.6 is 0 Å². The van der Waals surface area contributed by atoms with Gasteiger partial charge in [-0.25, -0.2) is 9.67 Å². The van der Waals surface area contributed by atoms with Crippen molar-refractivity contribution in [2.45, 2.75) is 32.0 Å². The number of nitrogens with one attached hydrogen (secondary N) is 1. The molecule has 0 aliphatic carbocycles. The van der Waals surface area contributed by atoms with Gasteiger partial charge in [-0.05, 0) is 32.0 Å². The van der Waals surface area contributed by atoms with Crippen LogP contribution in [0.15, 0.2) is 16.5 Å². The van der Waals surface area contributed by atoms with E-state index in [9.17, 15) is 13.2 Å². The Morgan fingerprint density at radius 1 is 1.43 bits per heavy atom. The van der Waals surface area contributed by atoms with E-state index in [1.807, 2.05) is 0 Å². The van der Waals surface area contributed by atoms with Crippen LogP contribution in [-0.2, 0) is 6.54 Å². The second-order valence-electron chi connectivity index (χ2n) is 5.17. The molecule has 3 heterocycles. The summed E-state index contributed by atoms with van der Waals surface area (Å²) in [4.78, 5) is 4.28. The van der Waals surface area contributed by atoms with E-state index in [1.165, 1.54) is 0 Å². The molecular formula is C13H15F3N4O. The molecule has 1 fully saturated rings. The Bertz CT molecular complexity index is 626.